The van der Waals surface area contributed by atoms with E-state index in [1.807, 2.05) is 0 Å². The number of carbonyl (C=O) groups excluding carboxylic acids is 1. The minimum atomic E-state index is -0.823. The minimum Gasteiger partial charge on any atom is -0.474 e. The van der Waals surface area contributed by atoms with Crippen LogP contribution >= 0.6 is 0 Å². The van der Waals surface area contributed by atoms with Gasteiger partial charge in [-0.2, -0.15) is 0 Å². The zero-order valence-corrected chi connectivity index (χ0v) is 10.5. The van der Waals surface area contributed by atoms with Crippen molar-refractivity contribution in [3.05, 3.63) is 54.6 Å². The van der Waals surface area contributed by atoms with E-state index in [2.05, 4.69) is 9.97 Å². The lowest BCUT2D eigenvalue weighted by Gasteiger charge is -2.17. The Morgan fingerprint density at radius 2 is 2.00 bits per heavy atom. The zero-order chi connectivity index (χ0) is 13.5. The van der Waals surface area contributed by atoms with Gasteiger partial charge in [-0.15, -0.1) is 0 Å². The second-order valence-electron chi connectivity index (χ2n) is 3.72. The second kappa shape index (κ2) is 6.49. The third kappa shape index (κ3) is 3.51. The van der Waals surface area contributed by atoms with E-state index >= 15 is 0 Å². The number of hydrogen-bond donors (Lipinski definition) is 0. The van der Waals surface area contributed by atoms with Gasteiger partial charge >= 0.3 is 5.97 Å². The normalized spacial score (nSPS) is 11.6. The summed E-state index contributed by atoms with van der Waals surface area (Å²) in [7, 11) is 0. The Hall–Kier alpha value is -2.43. The van der Waals surface area contributed by atoms with Gasteiger partial charge in [-0.1, -0.05) is 6.07 Å². The van der Waals surface area contributed by atoms with Crippen LogP contribution in [0.2, 0.25) is 0 Å². The fourth-order valence-electron chi connectivity index (χ4n) is 1.55. The average Bonchev–Trinajstić information content (AvgIpc) is 2.47. The van der Waals surface area contributed by atoms with E-state index in [-0.39, 0.29) is 0 Å². The Labute approximate surface area is 111 Å². The number of esters is 1. The number of aromatic nitrogens is 2. The fourth-order valence-corrected chi connectivity index (χ4v) is 1.55. The van der Waals surface area contributed by atoms with Crippen LogP contribution in [0.4, 0.5) is 0 Å². The highest BCUT2D eigenvalue weighted by Crippen LogP contribution is 2.22. The maximum atomic E-state index is 12.0. The molecule has 1 unspecified atom stereocenters. The predicted octanol–water partition coefficient (Wildman–Crippen LogP) is 2.16. The lowest BCUT2D eigenvalue weighted by atomic mass is 10.1. The molecule has 0 aliphatic carbocycles. The van der Waals surface area contributed by atoms with Crippen molar-refractivity contribution in [2.45, 2.75) is 13.0 Å². The first-order valence-electron chi connectivity index (χ1n) is 5.94. The van der Waals surface area contributed by atoms with E-state index < -0.39 is 12.1 Å². The van der Waals surface area contributed by atoms with Gasteiger partial charge in [0.25, 0.3) is 0 Å². The van der Waals surface area contributed by atoms with Gasteiger partial charge in [0.2, 0.25) is 6.10 Å². The zero-order valence-electron chi connectivity index (χ0n) is 10.5. The Bertz CT molecular complexity index is 517. The molecule has 0 fully saturated rings. The molecule has 5 heteroatoms. The SMILES string of the molecule is CCOC(=O)C(Oc1ccncc1)c1cccnc1. The van der Waals surface area contributed by atoms with Crippen molar-refractivity contribution in [2.75, 3.05) is 6.61 Å². The van der Waals surface area contributed by atoms with Gasteiger partial charge in [-0.05, 0) is 25.1 Å². The average molecular weight is 258 g/mol. The van der Waals surface area contributed by atoms with Crippen molar-refractivity contribution in [2.24, 2.45) is 0 Å². The molecule has 2 aromatic rings. The number of rotatable bonds is 5. The highest BCUT2D eigenvalue weighted by molar-refractivity contribution is 5.76. The predicted molar refractivity (Wildman–Crippen MR) is 68.5 cm³/mol. The summed E-state index contributed by atoms with van der Waals surface area (Å²) in [4.78, 5) is 19.8. The molecule has 0 radical (unpaired) electrons. The Balaban J connectivity index is 2.22. The van der Waals surface area contributed by atoms with Crippen LogP contribution in [0.5, 0.6) is 5.75 Å². The summed E-state index contributed by atoms with van der Waals surface area (Å²) in [6.07, 6.45) is 5.60. The van der Waals surface area contributed by atoms with E-state index in [4.69, 9.17) is 9.47 Å². The van der Waals surface area contributed by atoms with Gasteiger partial charge < -0.3 is 9.47 Å². The monoisotopic (exact) mass is 258 g/mol. The summed E-state index contributed by atoms with van der Waals surface area (Å²) in [6.45, 7) is 2.06. The number of nitrogens with zero attached hydrogens (tertiary/aromatic N) is 2. The molecule has 0 aromatic carbocycles. The molecule has 0 aliphatic heterocycles. The van der Waals surface area contributed by atoms with E-state index in [9.17, 15) is 4.79 Å². The van der Waals surface area contributed by atoms with Crippen LogP contribution in [0.1, 0.15) is 18.6 Å². The molecule has 0 bridgehead atoms. The maximum absolute atomic E-state index is 12.0. The van der Waals surface area contributed by atoms with Crippen molar-refractivity contribution in [3.8, 4) is 5.75 Å². The Kier molecular flexibility index (Phi) is 4.44. The highest BCUT2D eigenvalue weighted by atomic mass is 16.6. The van der Waals surface area contributed by atoms with Gasteiger partial charge in [-0.3, -0.25) is 9.97 Å². The molecule has 19 heavy (non-hydrogen) atoms. The van der Waals surface area contributed by atoms with E-state index in [1.165, 1.54) is 0 Å². The summed E-state index contributed by atoms with van der Waals surface area (Å²) < 4.78 is 10.7. The largest absolute Gasteiger partial charge is 0.474 e. The second-order valence-corrected chi connectivity index (χ2v) is 3.72. The van der Waals surface area contributed by atoms with Gasteiger partial charge in [0.05, 0.1) is 6.61 Å². The van der Waals surface area contributed by atoms with E-state index in [0.29, 0.717) is 17.9 Å². The van der Waals surface area contributed by atoms with Crippen LogP contribution in [0.15, 0.2) is 49.1 Å². The van der Waals surface area contributed by atoms with E-state index in [0.717, 1.165) is 0 Å². The highest BCUT2D eigenvalue weighted by Gasteiger charge is 2.24. The summed E-state index contributed by atoms with van der Waals surface area (Å²) >= 11 is 0. The summed E-state index contributed by atoms with van der Waals surface area (Å²) in [5.41, 5.74) is 0.651. The Morgan fingerprint density at radius 3 is 2.63 bits per heavy atom. The van der Waals surface area contributed by atoms with Crippen LogP contribution in [-0.4, -0.2) is 22.5 Å². The molecule has 0 saturated heterocycles. The number of pyridine rings is 2. The van der Waals surface area contributed by atoms with Crippen molar-refractivity contribution < 1.29 is 14.3 Å². The molecule has 0 spiro atoms. The van der Waals surface area contributed by atoms with Crippen molar-refractivity contribution in [1.29, 1.82) is 0 Å². The molecule has 2 heterocycles. The third-order valence-corrected chi connectivity index (χ3v) is 2.39. The topological polar surface area (TPSA) is 61.3 Å². The molecule has 1 atom stereocenters. The quantitative estimate of drug-likeness (QED) is 0.769. The molecular weight excluding hydrogens is 244 g/mol. The van der Waals surface area contributed by atoms with Crippen LogP contribution in [0.25, 0.3) is 0 Å². The van der Waals surface area contributed by atoms with Crippen molar-refractivity contribution in [3.63, 3.8) is 0 Å². The summed E-state index contributed by atoms with van der Waals surface area (Å²) in [5.74, 6) is 0.115. The molecule has 0 amide bonds. The summed E-state index contributed by atoms with van der Waals surface area (Å²) in [5, 5.41) is 0. The number of hydrogen-bond acceptors (Lipinski definition) is 5. The molecule has 0 saturated carbocycles. The molecule has 98 valence electrons. The van der Waals surface area contributed by atoms with Gasteiger partial charge in [0.1, 0.15) is 5.75 Å². The van der Waals surface area contributed by atoms with E-state index in [1.54, 1.807) is 56.0 Å². The summed E-state index contributed by atoms with van der Waals surface area (Å²) in [6, 6.07) is 6.89. The van der Waals surface area contributed by atoms with Crippen molar-refractivity contribution in [1.82, 2.24) is 9.97 Å². The first-order valence-corrected chi connectivity index (χ1v) is 5.94. The van der Waals surface area contributed by atoms with Gasteiger partial charge in [0, 0.05) is 30.4 Å². The molecular formula is C14H14N2O3. The van der Waals surface area contributed by atoms with Crippen LogP contribution < -0.4 is 4.74 Å². The van der Waals surface area contributed by atoms with Gasteiger partial charge in [-0.25, -0.2) is 4.79 Å². The fraction of sp³-hybridized carbons (Fsp3) is 0.214. The maximum Gasteiger partial charge on any atom is 0.352 e. The smallest absolute Gasteiger partial charge is 0.352 e. The number of carbonyl (C=O) groups is 1. The molecule has 0 N–H and O–H groups in total. The molecule has 2 aromatic heterocycles. The van der Waals surface area contributed by atoms with Crippen LogP contribution in [0, 0.1) is 0 Å². The van der Waals surface area contributed by atoms with Crippen LogP contribution in [0.3, 0.4) is 0 Å². The molecule has 5 nitrogen and oxygen atoms in total. The Morgan fingerprint density at radius 1 is 1.21 bits per heavy atom. The first kappa shape index (κ1) is 13.0. The van der Waals surface area contributed by atoms with Crippen LogP contribution in [-0.2, 0) is 9.53 Å². The minimum absolute atomic E-state index is 0.301. The lowest BCUT2D eigenvalue weighted by molar-refractivity contribution is -0.151. The molecule has 2 rings (SSSR count). The molecule has 0 aliphatic rings. The lowest BCUT2D eigenvalue weighted by Crippen LogP contribution is -2.21. The van der Waals surface area contributed by atoms with Crippen molar-refractivity contribution >= 4 is 5.97 Å². The first-order chi connectivity index (χ1) is 9.31. The standard InChI is InChI=1S/C14H14N2O3/c1-2-18-14(17)13(11-4-3-7-16-10-11)19-12-5-8-15-9-6-12/h3-10,13H,2H2,1H3. The number of ether oxygens (including phenoxy) is 2. The van der Waals surface area contributed by atoms with Gasteiger partial charge in [0.15, 0.2) is 0 Å². The third-order valence-electron chi connectivity index (χ3n) is 2.39.